The molecule has 0 saturated heterocycles. The van der Waals surface area contributed by atoms with Crippen molar-refractivity contribution in [2.75, 3.05) is 5.32 Å². The lowest BCUT2D eigenvalue weighted by atomic mass is 10.2. The minimum atomic E-state index is -3.06. The third kappa shape index (κ3) is 3.69. The van der Waals surface area contributed by atoms with Crippen molar-refractivity contribution in [2.24, 2.45) is 0 Å². The molecule has 0 unspecified atom stereocenters. The Morgan fingerprint density at radius 1 is 1.48 bits per heavy atom. The van der Waals surface area contributed by atoms with Crippen LogP contribution in [0, 0.1) is 17.1 Å². The number of aromatic amines is 1. The highest BCUT2D eigenvalue weighted by Gasteiger charge is 2.11. The number of allylic oxidation sites excluding steroid dienone is 1. The molecular weight excluding hydrogens is 289 g/mol. The molecule has 108 valence electrons. The van der Waals surface area contributed by atoms with Crippen LogP contribution in [0.25, 0.3) is 5.57 Å². The maximum Gasteiger partial charge on any atom is 0.387 e. The van der Waals surface area contributed by atoms with E-state index >= 15 is 0 Å². The number of benzene rings is 1. The number of hydrogen-bond donors (Lipinski definition) is 2. The van der Waals surface area contributed by atoms with Crippen molar-refractivity contribution in [3.63, 3.8) is 0 Å². The number of nitrogens with one attached hydrogen (secondary N) is 2. The SMILES string of the molecule is N#CC(=CNc1cc(F)ccc1OC(F)F)c1nn[nH]n1. The third-order valence-corrected chi connectivity index (χ3v) is 2.24. The lowest BCUT2D eigenvalue weighted by Gasteiger charge is -2.10. The van der Waals surface area contributed by atoms with Gasteiger partial charge in [-0.15, -0.1) is 10.2 Å². The average Bonchev–Trinajstić information content (AvgIpc) is 2.96. The van der Waals surface area contributed by atoms with E-state index in [9.17, 15) is 13.2 Å². The zero-order valence-electron chi connectivity index (χ0n) is 10.2. The number of ether oxygens (including phenoxy) is 1. The first-order chi connectivity index (χ1) is 10.1. The van der Waals surface area contributed by atoms with E-state index in [1.165, 1.54) is 0 Å². The summed E-state index contributed by atoms with van der Waals surface area (Å²) in [5, 5.41) is 24.0. The second-order valence-electron chi connectivity index (χ2n) is 3.57. The molecule has 2 rings (SSSR count). The van der Waals surface area contributed by atoms with E-state index in [1.54, 1.807) is 6.07 Å². The van der Waals surface area contributed by atoms with E-state index < -0.39 is 12.4 Å². The van der Waals surface area contributed by atoms with Gasteiger partial charge in [0.15, 0.2) is 0 Å². The van der Waals surface area contributed by atoms with E-state index in [0.29, 0.717) is 0 Å². The Morgan fingerprint density at radius 2 is 2.29 bits per heavy atom. The molecule has 2 N–H and O–H groups in total. The first-order valence-corrected chi connectivity index (χ1v) is 5.45. The monoisotopic (exact) mass is 296 g/mol. The summed E-state index contributed by atoms with van der Waals surface area (Å²) in [6.45, 7) is -3.06. The molecule has 0 bridgehead atoms. The van der Waals surface area contributed by atoms with Gasteiger partial charge in [-0.05, 0) is 17.3 Å². The number of alkyl halides is 2. The maximum absolute atomic E-state index is 13.2. The summed E-state index contributed by atoms with van der Waals surface area (Å²) in [4.78, 5) is 0. The average molecular weight is 296 g/mol. The van der Waals surface area contributed by atoms with Crippen molar-refractivity contribution in [1.29, 1.82) is 5.26 Å². The van der Waals surface area contributed by atoms with Crippen molar-refractivity contribution >= 4 is 11.3 Å². The quantitative estimate of drug-likeness (QED) is 0.818. The molecule has 10 heteroatoms. The molecule has 0 amide bonds. The first-order valence-electron chi connectivity index (χ1n) is 5.45. The van der Waals surface area contributed by atoms with Gasteiger partial charge in [-0.3, -0.25) is 0 Å². The lowest BCUT2D eigenvalue weighted by molar-refractivity contribution is -0.0493. The maximum atomic E-state index is 13.2. The normalized spacial score (nSPS) is 11.3. The summed E-state index contributed by atoms with van der Waals surface area (Å²) in [6, 6.07) is 4.73. The molecule has 0 atom stereocenters. The Labute approximate surface area is 116 Å². The summed E-state index contributed by atoms with van der Waals surface area (Å²) >= 11 is 0. The van der Waals surface area contributed by atoms with Gasteiger partial charge >= 0.3 is 6.61 Å². The molecule has 0 aliphatic rings. The summed E-state index contributed by atoms with van der Waals surface area (Å²) in [6.07, 6.45) is 1.12. The standard InChI is InChI=1S/C11H7F3N6O/c12-7-1-2-9(21-11(13)14)8(3-7)16-5-6(4-15)10-17-19-20-18-10/h1-3,5,11,16H,(H,17,18,19,20). The number of nitriles is 1. The molecule has 0 aliphatic heterocycles. The number of rotatable bonds is 5. The molecule has 0 aliphatic carbocycles. The zero-order chi connectivity index (χ0) is 15.2. The van der Waals surface area contributed by atoms with Crippen LogP contribution in [0.15, 0.2) is 24.4 Å². The molecular formula is C11H7F3N6O. The second-order valence-corrected chi connectivity index (χ2v) is 3.57. The highest BCUT2D eigenvalue weighted by atomic mass is 19.3. The van der Waals surface area contributed by atoms with Crippen molar-refractivity contribution in [3.8, 4) is 11.8 Å². The smallest absolute Gasteiger partial charge is 0.387 e. The van der Waals surface area contributed by atoms with Crippen molar-refractivity contribution in [2.45, 2.75) is 6.61 Å². The molecule has 1 aromatic heterocycles. The van der Waals surface area contributed by atoms with Crippen LogP contribution in [0.3, 0.4) is 0 Å². The first kappa shape index (κ1) is 14.3. The van der Waals surface area contributed by atoms with E-state index in [4.69, 9.17) is 5.26 Å². The van der Waals surface area contributed by atoms with E-state index in [1.807, 2.05) is 0 Å². The Hall–Kier alpha value is -3.09. The fourth-order valence-electron chi connectivity index (χ4n) is 1.39. The highest BCUT2D eigenvalue weighted by Crippen LogP contribution is 2.27. The van der Waals surface area contributed by atoms with E-state index in [0.717, 1.165) is 24.4 Å². The number of anilines is 1. The van der Waals surface area contributed by atoms with Gasteiger partial charge in [0.1, 0.15) is 23.2 Å². The number of nitrogens with zero attached hydrogens (tertiary/aromatic N) is 4. The van der Waals surface area contributed by atoms with Gasteiger partial charge in [-0.25, -0.2) is 4.39 Å². The lowest BCUT2D eigenvalue weighted by Crippen LogP contribution is -2.05. The second kappa shape index (κ2) is 6.38. The molecule has 0 saturated carbocycles. The summed E-state index contributed by atoms with van der Waals surface area (Å²) in [5.41, 5.74) is -0.109. The van der Waals surface area contributed by atoms with Crippen LogP contribution in [0.2, 0.25) is 0 Å². The molecule has 0 spiro atoms. The highest BCUT2D eigenvalue weighted by molar-refractivity contribution is 5.74. The minimum Gasteiger partial charge on any atom is -0.433 e. The number of tetrazole rings is 1. The van der Waals surface area contributed by atoms with Crippen molar-refractivity contribution < 1.29 is 17.9 Å². The largest absolute Gasteiger partial charge is 0.433 e. The Kier molecular flexibility index (Phi) is 4.35. The fourth-order valence-corrected chi connectivity index (χ4v) is 1.39. The number of H-pyrrole nitrogens is 1. The fraction of sp³-hybridized carbons (Fsp3) is 0.0909. The van der Waals surface area contributed by atoms with Crippen LogP contribution in [0.4, 0.5) is 18.9 Å². The van der Waals surface area contributed by atoms with Gasteiger partial charge in [0, 0.05) is 12.3 Å². The van der Waals surface area contributed by atoms with Gasteiger partial charge in [0.2, 0.25) is 5.82 Å². The van der Waals surface area contributed by atoms with E-state index in [-0.39, 0.29) is 22.8 Å². The summed E-state index contributed by atoms with van der Waals surface area (Å²) in [5.74, 6) is -0.934. The predicted molar refractivity (Wildman–Crippen MR) is 64.4 cm³/mol. The van der Waals surface area contributed by atoms with Crippen LogP contribution in [-0.2, 0) is 0 Å². The van der Waals surface area contributed by atoms with Gasteiger partial charge < -0.3 is 10.1 Å². The van der Waals surface area contributed by atoms with Crippen LogP contribution >= 0.6 is 0 Å². The van der Waals surface area contributed by atoms with E-state index in [2.05, 4.69) is 30.7 Å². The van der Waals surface area contributed by atoms with Gasteiger partial charge in [0.05, 0.1) is 5.69 Å². The molecule has 1 aromatic carbocycles. The molecule has 0 radical (unpaired) electrons. The summed E-state index contributed by atoms with van der Waals surface area (Å²) < 4.78 is 41.9. The van der Waals surface area contributed by atoms with Gasteiger partial charge in [-0.2, -0.15) is 19.3 Å². The Morgan fingerprint density at radius 3 is 2.90 bits per heavy atom. The molecule has 21 heavy (non-hydrogen) atoms. The van der Waals surface area contributed by atoms with Crippen LogP contribution in [-0.4, -0.2) is 27.2 Å². The number of hydrogen-bond acceptors (Lipinski definition) is 6. The number of halogens is 3. The molecule has 2 aromatic rings. The molecule has 0 fully saturated rings. The minimum absolute atomic E-state index is 0.00210. The van der Waals surface area contributed by atoms with Crippen LogP contribution in [0.1, 0.15) is 5.82 Å². The molecule has 1 heterocycles. The van der Waals surface area contributed by atoms with Crippen molar-refractivity contribution in [1.82, 2.24) is 20.6 Å². The van der Waals surface area contributed by atoms with Crippen LogP contribution in [0.5, 0.6) is 5.75 Å². The Balaban J connectivity index is 2.26. The number of aromatic nitrogens is 4. The Bertz CT molecular complexity index is 680. The van der Waals surface area contributed by atoms with Crippen LogP contribution < -0.4 is 10.1 Å². The van der Waals surface area contributed by atoms with Gasteiger partial charge in [-0.1, -0.05) is 0 Å². The molecule has 7 nitrogen and oxygen atoms in total. The summed E-state index contributed by atoms with van der Waals surface area (Å²) in [7, 11) is 0. The van der Waals surface area contributed by atoms with Gasteiger partial charge in [0.25, 0.3) is 0 Å². The van der Waals surface area contributed by atoms with Crippen molar-refractivity contribution in [3.05, 3.63) is 36.0 Å². The zero-order valence-corrected chi connectivity index (χ0v) is 10.2. The third-order valence-electron chi connectivity index (χ3n) is 2.24. The predicted octanol–water partition coefficient (Wildman–Crippen LogP) is 1.92. The topological polar surface area (TPSA) is 99.5 Å².